The van der Waals surface area contributed by atoms with Crippen molar-refractivity contribution in [2.75, 3.05) is 0 Å². The highest BCUT2D eigenvalue weighted by molar-refractivity contribution is 5.89. The summed E-state index contributed by atoms with van der Waals surface area (Å²) < 4.78 is 18.0. The highest BCUT2D eigenvalue weighted by Gasteiger charge is 2.18. The molecule has 3 N–H and O–H groups in total. The molecular weight excluding hydrogens is 341 g/mol. The summed E-state index contributed by atoms with van der Waals surface area (Å²) in [5.74, 6) is -1.68. The molecule has 0 unspecified atom stereocenters. The molecule has 0 saturated heterocycles. The van der Waals surface area contributed by atoms with Crippen molar-refractivity contribution in [3.63, 3.8) is 0 Å². The van der Waals surface area contributed by atoms with Gasteiger partial charge in [-0.3, -0.25) is 4.79 Å². The van der Waals surface area contributed by atoms with Crippen LogP contribution in [0.4, 0.5) is 4.39 Å². The molecule has 26 heavy (non-hydrogen) atoms. The Balaban J connectivity index is 1.82. The number of hydrogen-bond donors (Lipinski definition) is 3. The molecular formula is C19H16FNO5. The average molecular weight is 357 g/mol. The van der Waals surface area contributed by atoms with Gasteiger partial charge in [-0.25, -0.2) is 9.18 Å². The van der Waals surface area contributed by atoms with Crippen LogP contribution in [0, 0.1) is 12.7 Å². The molecule has 7 heteroatoms. The summed E-state index contributed by atoms with van der Waals surface area (Å²) in [6.07, 6.45) is -0.201. The van der Waals surface area contributed by atoms with E-state index < -0.39 is 23.0 Å². The van der Waals surface area contributed by atoms with Crippen molar-refractivity contribution in [2.45, 2.75) is 19.9 Å². The van der Waals surface area contributed by atoms with Crippen molar-refractivity contribution in [3.05, 3.63) is 69.3 Å². The minimum Gasteiger partial charge on any atom is -0.504 e. The number of hydrogen-bond acceptors (Lipinski definition) is 5. The van der Waals surface area contributed by atoms with Gasteiger partial charge in [0.25, 0.3) is 0 Å². The summed E-state index contributed by atoms with van der Waals surface area (Å²) in [4.78, 5) is 24.3. The fourth-order valence-corrected chi connectivity index (χ4v) is 2.66. The second kappa shape index (κ2) is 6.87. The zero-order valence-corrected chi connectivity index (χ0v) is 13.9. The molecule has 0 saturated carbocycles. The first-order valence-electron chi connectivity index (χ1n) is 7.85. The maximum atomic E-state index is 12.9. The number of halogens is 1. The Labute approximate surface area is 147 Å². The van der Waals surface area contributed by atoms with E-state index in [1.165, 1.54) is 24.3 Å². The van der Waals surface area contributed by atoms with E-state index in [-0.39, 0.29) is 29.9 Å². The van der Waals surface area contributed by atoms with Crippen molar-refractivity contribution in [3.8, 4) is 11.5 Å². The van der Waals surface area contributed by atoms with Crippen LogP contribution < -0.4 is 10.9 Å². The number of amides is 1. The Kier molecular flexibility index (Phi) is 4.62. The van der Waals surface area contributed by atoms with Gasteiger partial charge in [0.1, 0.15) is 5.82 Å². The molecule has 1 aromatic heterocycles. The SMILES string of the molecule is Cc1c(CC(=O)NCc2ccc(F)cc2)c(=O)oc2c(O)c(O)ccc12. The number of aryl methyl sites for hydroxylation is 1. The summed E-state index contributed by atoms with van der Waals surface area (Å²) in [6.45, 7) is 1.84. The van der Waals surface area contributed by atoms with E-state index in [1.54, 1.807) is 19.1 Å². The molecule has 0 atom stereocenters. The van der Waals surface area contributed by atoms with E-state index in [4.69, 9.17) is 4.42 Å². The first-order chi connectivity index (χ1) is 12.4. The van der Waals surface area contributed by atoms with Crippen molar-refractivity contribution >= 4 is 16.9 Å². The van der Waals surface area contributed by atoms with Crippen LogP contribution >= 0.6 is 0 Å². The molecule has 0 bridgehead atoms. The molecule has 0 radical (unpaired) electrons. The maximum absolute atomic E-state index is 12.9. The third-order valence-corrected chi connectivity index (χ3v) is 4.15. The minimum atomic E-state index is -0.757. The lowest BCUT2D eigenvalue weighted by Crippen LogP contribution is -2.27. The zero-order chi connectivity index (χ0) is 18.8. The quantitative estimate of drug-likeness (QED) is 0.492. The van der Waals surface area contributed by atoms with Crippen LogP contribution in [0.15, 0.2) is 45.6 Å². The van der Waals surface area contributed by atoms with Gasteiger partial charge in [-0.05, 0) is 42.3 Å². The third-order valence-electron chi connectivity index (χ3n) is 4.15. The van der Waals surface area contributed by atoms with Gasteiger partial charge in [-0.1, -0.05) is 12.1 Å². The molecule has 0 aliphatic heterocycles. The Morgan fingerprint density at radius 2 is 1.85 bits per heavy atom. The van der Waals surface area contributed by atoms with Gasteiger partial charge in [0, 0.05) is 11.9 Å². The number of nitrogens with one attached hydrogen (secondary N) is 1. The number of aromatic hydroxyl groups is 2. The Morgan fingerprint density at radius 1 is 1.15 bits per heavy atom. The van der Waals surface area contributed by atoms with Crippen LogP contribution in [-0.4, -0.2) is 16.1 Å². The number of fused-ring (bicyclic) bond motifs is 1. The van der Waals surface area contributed by atoms with E-state index in [0.717, 1.165) is 5.56 Å². The maximum Gasteiger partial charge on any atom is 0.340 e. The van der Waals surface area contributed by atoms with Gasteiger partial charge < -0.3 is 19.9 Å². The lowest BCUT2D eigenvalue weighted by molar-refractivity contribution is -0.120. The fraction of sp³-hybridized carbons (Fsp3) is 0.158. The number of carbonyl (C=O) groups is 1. The number of phenols is 2. The predicted octanol–water partition coefficient (Wildman–Crippen LogP) is 2.51. The Hall–Kier alpha value is -3.35. The normalized spacial score (nSPS) is 10.8. The van der Waals surface area contributed by atoms with Crippen molar-refractivity contribution < 1.29 is 23.8 Å². The molecule has 0 fully saturated rings. The number of phenolic OH excluding ortho intramolecular Hbond substituents is 2. The molecule has 0 spiro atoms. The Morgan fingerprint density at radius 3 is 2.54 bits per heavy atom. The Bertz CT molecular complexity index is 1040. The van der Waals surface area contributed by atoms with E-state index in [1.807, 2.05) is 0 Å². The van der Waals surface area contributed by atoms with Gasteiger partial charge in [0.15, 0.2) is 11.3 Å². The third kappa shape index (κ3) is 3.37. The van der Waals surface area contributed by atoms with Crippen LogP contribution in [0.25, 0.3) is 11.0 Å². The molecule has 3 rings (SSSR count). The first kappa shape index (κ1) is 17.5. The molecule has 2 aromatic carbocycles. The molecule has 6 nitrogen and oxygen atoms in total. The van der Waals surface area contributed by atoms with E-state index >= 15 is 0 Å². The van der Waals surface area contributed by atoms with E-state index in [2.05, 4.69) is 5.32 Å². The average Bonchev–Trinajstić information content (AvgIpc) is 2.61. The van der Waals surface area contributed by atoms with Gasteiger partial charge in [0.05, 0.1) is 12.0 Å². The van der Waals surface area contributed by atoms with Crippen LogP contribution in [0.1, 0.15) is 16.7 Å². The molecule has 3 aromatic rings. The lowest BCUT2D eigenvalue weighted by atomic mass is 10.0. The highest BCUT2D eigenvalue weighted by atomic mass is 19.1. The summed E-state index contributed by atoms with van der Waals surface area (Å²) >= 11 is 0. The summed E-state index contributed by atoms with van der Waals surface area (Å²) in [6, 6.07) is 8.49. The van der Waals surface area contributed by atoms with Crippen molar-refractivity contribution in [2.24, 2.45) is 0 Å². The van der Waals surface area contributed by atoms with E-state index in [0.29, 0.717) is 10.9 Å². The topological polar surface area (TPSA) is 99.8 Å². The summed E-state index contributed by atoms with van der Waals surface area (Å²) in [5, 5.41) is 22.4. The van der Waals surface area contributed by atoms with Crippen molar-refractivity contribution in [1.29, 1.82) is 0 Å². The van der Waals surface area contributed by atoms with Crippen LogP contribution in [0.5, 0.6) is 11.5 Å². The molecule has 134 valence electrons. The van der Waals surface area contributed by atoms with Gasteiger partial charge in [0.2, 0.25) is 11.7 Å². The number of benzene rings is 2. The molecule has 0 aliphatic rings. The highest BCUT2D eigenvalue weighted by Crippen LogP contribution is 2.34. The smallest absolute Gasteiger partial charge is 0.340 e. The largest absolute Gasteiger partial charge is 0.504 e. The fourth-order valence-electron chi connectivity index (χ4n) is 2.66. The second-order valence-corrected chi connectivity index (χ2v) is 5.88. The molecule has 0 aliphatic carbocycles. The monoisotopic (exact) mass is 357 g/mol. The standard InChI is InChI=1S/C19H16FNO5/c1-10-13-6-7-15(22)17(24)18(13)26-19(25)14(10)8-16(23)21-9-11-2-4-12(20)5-3-11/h2-7,22,24H,8-9H2,1H3,(H,21,23). The van der Waals surface area contributed by atoms with Crippen LogP contribution in [0.3, 0.4) is 0 Å². The first-order valence-corrected chi connectivity index (χ1v) is 7.85. The lowest BCUT2D eigenvalue weighted by Gasteiger charge is -2.10. The zero-order valence-electron chi connectivity index (χ0n) is 13.9. The van der Waals surface area contributed by atoms with Gasteiger partial charge in [-0.15, -0.1) is 0 Å². The molecule has 1 amide bonds. The molecule has 1 heterocycles. The number of carbonyl (C=O) groups excluding carboxylic acids is 1. The van der Waals surface area contributed by atoms with E-state index in [9.17, 15) is 24.2 Å². The summed E-state index contributed by atoms with van der Waals surface area (Å²) in [5.41, 5.74) is 0.501. The van der Waals surface area contributed by atoms with Crippen molar-refractivity contribution in [1.82, 2.24) is 5.32 Å². The minimum absolute atomic E-state index is 0.122. The number of rotatable bonds is 4. The van der Waals surface area contributed by atoms with Crippen LogP contribution in [0.2, 0.25) is 0 Å². The van der Waals surface area contributed by atoms with Gasteiger partial charge >= 0.3 is 5.63 Å². The summed E-state index contributed by atoms with van der Waals surface area (Å²) in [7, 11) is 0. The van der Waals surface area contributed by atoms with Crippen LogP contribution in [-0.2, 0) is 17.8 Å². The predicted molar refractivity (Wildman–Crippen MR) is 92.5 cm³/mol. The second-order valence-electron chi connectivity index (χ2n) is 5.88. The van der Waals surface area contributed by atoms with Gasteiger partial charge in [-0.2, -0.15) is 0 Å².